The van der Waals surface area contributed by atoms with Crippen molar-refractivity contribution in [1.29, 1.82) is 0 Å². The molecule has 0 aliphatic rings. The molecule has 0 spiro atoms. The lowest BCUT2D eigenvalue weighted by Crippen LogP contribution is -2.13. The lowest BCUT2D eigenvalue weighted by atomic mass is 10.1. The van der Waals surface area contributed by atoms with Gasteiger partial charge in [-0.3, -0.25) is 0 Å². The lowest BCUT2D eigenvalue weighted by Gasteiger charge is -2.16. The largest absolute Gasteiger partial charge is 0.457 e. The molecule has 0 fully saturated rings. The van der Waals surface area contributed by atoms with Crippen LogP contribution >= 0.6 is 0 Å². The summed E-state index contributed by atoms with van der Waals surface area (Å²) in [5, 5.41) is 3.23. The predicted octanol–water partition coefficient (Wildman–Crippen LogP) is 3.76. The molecule has 0 saturated heterocycles. The number of rotatable bonds is 4. The highest BCUT2D eigenvalue weighted by Crippen LogP contribution is 2.28. The smallest absolute Gasteiger partial charge is 0.132 e. The van der Waals surface area contributed by atoms with E-state index < -0.39 is 0 Å². The van der Waals surface area contributed by atoms with Crippen LogP contribution in [0.2, 0.25) is 0 Å². The van der Waals surface area contributed by atoms with E-state index in [1.165, 1.54) is 5.56 Å². The zero-order chi connectivity index (χ0) is 12.1. The maximum absolute atomic E-state index is 5.89. The molecule has 1 atom stereocenters. The third-order valence-corrected chi connectivity index (χ3v) is 2.79. The van der Waals surface area contributed by atoms with E-state index in [0.29, 0.717) is 0 Å². The van der Waals surface area contributed by atoms with Gasteiger partial charge in [-0.05, 0) is 32.2 Å². The van der Waals surface area contributed by atoms with Gasteiger partial charge in [-0.1, -0.05) is 36.4 Å². The van der Waals surface area contributed by atoms with Crippen LogP contribution in [0.15, 0.2) is 54.6 Å². The minimum atomic E-state index is 0.273. The van der Waals surface area contributed by atoms with Gasteiger partial charge in [-0.25, -0.2) is 0 Å². The zero-order valence-corrected chi connectivity index (χ0v) is 10.2. The summed E-state index contributed by atoms with van der Waals surface area (Å²) in [6, 6.07) is 18.2. The van der Waals surface area contributed by atoms with Gasteiger partial charge in [0.25, 0.3) is 0 Å². The van der Waals surface area contributed by atoms with Crippen molar-refractivity contribution in [2.24, 2.45) is 0 Å². The fourth-order valence-corrected chi connectivity index (χ4v) is 1.70. The maximum Gasteiger partial charge on any atom is 0.132 e. The van der Waals surface area contributed by atoms with Gasteiger partial charge in [0.15, 0.2) is 0 Å². The van der Waals surface area contributed by atoms with Gasteiger partial charge in [0.2, 0.25) is 0 Å². The highest BCUT2D eigenvalue weighted by atomic mass is 16.5. The summed E-state index contributed by atoms with van der Waals surface area (Å²) in [6.45, 7) is 2.12. The van der Waals surface area contributed by atoms with Gasteiger partial charge in [0, 0.05) is 11.6 Å². The van der Waals surface area contributed by atoms with Gasteiger partial charge < -0.3 is 10.1 Å². The van der Waals surface area contributed by atoms with E-state index in [4.69, 9.17) is 4.74 Å². The molecule has 0 aliphatic carbocycles. The molecule has 88 valence electrons. The van der Waals surface area contributed by atoms with E-state index in [0.717, 1.165) is 11.5 Å². The average Bonchev–Trinajstić information content (AvgIpc) is 2.40. The van der Waals surface area contributed by atoms with Crippen LogP contribution in [0.4, 0.5) is 0 Å². The van der Waals surface area contributed by atoms with E-state index in [1.807, 2.05) is 55.6 Å². The van der Waals surface area contributed by atoms with Gasteiger partial charge >= 0.3 is 0 Å². The van der Waals surface area contributed by atoms with E-state index >= 15 is 0 Å². The van der Waals surface area contributed by atoms with Gasteiger partial charge in [-0.2, -0.15) is 0 Å². The number of hydrogen-bond acceptors (Lipinski definition) is 2. The summed E-state index contributed by atoms with van der Waals surface area (Å²) >= 11 is 0. The van der Waals surface area contributed by atoms with Crippen molar-refractivity contribution in [3.63, 3.8) is 0 Å². The first-order chi connectivity index (χ1) is 8.31. The van der Waals surface area contributed by atoms with Crippen molar-refractivity contribution < 1.29 is 4.74 Å². The number of benzene rings is 2. The van der Waals surface area contributed by atoms with E-state index in [2.05, 4.69) is 18.3 Å². The molecule has 0 amide bonds. The second-order valence-corrected chi connectivity index (χ2v) is 3.96. The Bertz CT molecular complexity index is 467. The zero-order valence-electron chi connectivity index (χ0n) is 10.2. The first kappa shape index (κ1) is 11.7. The molecule has 0 radical (unpaired) electrons. The fourth-order valence-electron chi connectivity index (χ4n) is 1.70. The minimum Gasteiger partial charge on any atom is -0.457 e. The molecule has 0 saturated carbocycles. The summed E-state index contributed by atoms with van der Waals surface area (Å²) in [4.78, 5) is 0. The minimum absolute atomic E-state index is 0.273. The first-order valence-electron chi connectivity index (χ1n) is 5.80. The summed E-state index contributed by atoms with van der Waals surface area (Å²) in [5.74, 6) is 1.77. The maximum atomic E-state index is 5.89. The molecular formula is C15H17NO. The van der Waals surface area contributed by atoms with E-state index in [1.54, 1.807) is 0 Å². The Balaban J connectivity index is 2.27. The highest BCUT2D eigenvalue weighted by Gasteiger charge is 2.09. The monoisotopic (exact) mass is 227 g/mol. The number of para-hydroxylation sites is 2. The Morgan fingerprint density at radius 2 is 1.59 bits per heavy atom. The molecule has 0 aromatic heterocycles. The van der Waals surface area contributed by atoms with Crippen molar-refractivity contribution in [1.82, 2.24) is 5.32 Å². The SMILES string of the molecule is CNC(C)c1ccccc1Oc1ccccc1. The highest BCUT2D eigenvalue weighted by molar-refractivity contribution is 5.39. The number of nitrogens with one attached hydrogen (secondary N) is 1. The topological polar surface area (TPSA) is 21.3 Å². The Morgan fingerprint density at radius 1 is 0.941 bits per heavy atom. The number of hydrogen-bond donors (Lipinski definition) is 1. The quantitative estimate of drug-likeness (QED) is 0.858. The number of ether oxygens (including phenoxy) is 1. The van der Waals surface area contributed by atoms with Crippen molar-refractivity contribution in [3.8, 4) is 11.5 Å². The van der Waals surface area contributed by atoms with Crippen molar-refractivity contribution in [2.45, 2.75) is 13.0 Å². The van der Waals surface area contributed by atoms with E-state index in [9.17, 15) is 0 Å². The summed E-state index contributed by atoms with van der Waals surface area (Å²) < 4.78 is 5.89. The molecule has 1 unspecified atom stereocenters. The van der Waals surface area contributed by atoms with Crippen LogP contribution in [-0.4, -0.2) is 7.05 Å². The molecule has 2 aromatic rings. The van der Waals surface area contributed by atoms with Crippen LogP contribution in [0, 0.1) is 0 Å². The lowest BCUT2D eigenvalue weighted by molar-refractivity contribution is 0.466. The van der Waals surface area contributed by atoms with Crippen LogP contribution in [0.25, 0.3) is 0 Å². The predicted molar refractivity (Wildman–Crippen MR) is 70.4 cm³/mol. The molecule has 0 aliphatic heterocycles. The third-order valence-electron chi connectivity index (χ3n) is 2.79. The molecule has 0 heterocycles. The molecule has 2 aromatic carbocycles. The Hall–Kier alpha value is -1.80. The van der Waals surface area contributed by atoms with E-state index in [-0.39, 0.29) is 6.04 Å². The molecule has 17 heavy (non-hydrogen) atoms. The van der Waals surface area contributed by atoms with Gasteiger partial charge in [0.05, 0.1) is 0 Å². The molecule has 2 heteroatoms. The summed E-state index contributed by atoms with van der Waals surface area (Å²) in [6.07, 6.45) is 0. The van der Waals surface area contributed by atoms with Gasteiger partial charge in [-0.15, -0.1) is 0 Å². The Kier molecular flexibility index (Phi) is 3.78. The van der Waals surface area contributed by atoms with Crippen LogP contribution in [0.5, 0.6) is 11.5 Å². The van der Waals surface area contributed by atoms with Crippen LogP contribution in [-0.2, 0) is 0 Å². The molecule has 0 bridgehead atoms. The van der Waals surface area contributed by atoms with Crippen LogP contribution in [0.3, 0.4) is 0 Å². The Labute approximate surface area is 102 Å². The fraction of sp³-hybridized carbons (Fsp3) is 0.200. The summed E-state index contributed by atoms with van der Waals surface area (Å²) in [5.41, 5.74) is 1.17. The average molecular weight is 227 g/mol. The molecule has 2 nitrogen and oxygen atoms in total. The molecular weight excluding hydrogens is 210 g/mol. The molecule has 2 rings (SSSR count). The molecule has 1 N–H and O–H groups in total. The first-order valence-corrected chi connectivity index (χ1v) is 5.80. The van der Waals surface area contributed by atoms with Crippen molar-refractivity contribution in [2.75, 3.05) is 7.05 Å². The standard InChI is InChI=1S/C15H17NO/c1-12(16-2)14-10-6-7-11-15(14)17-13-8-4-3-5-9-13/h3-12,16H,1-2H3. The van der Waals surface area contributed by atoms with Gasteiger partial charge in [0.1, 0.15) is 11.5 Å². The Morgan fingerprint density at radius 3 is 2.29 bits per heavy atom. The van der Waals surface area contributed by atoms with Crippen molar-refractivity contribution in [3.05, 3.63) is 60.2 Å². The summed E-state index contributed by atoms with van der Waals surface area (Å²) in [7, 11) is 1.95. The van der Waals surface area contributed by atoms with Crippen LogP contribution in [0.1, 0.15) is 18.5 Å². The normalized spacial score (nSPS) is 12.1. The van der Waals surface area contributed by atoms with Crippen molar-refractivity contribution >= 4 is 0 Å². The second kappa shape index (κ2) is 5.51. The van der Waals surface area contributed by atoms with Crippen LogP contribution < -0.4 is 10.1 Å². The second-order valence-electron chi connectivity index (χ2n) is 3.96. The third kappa shape index (κ3) is 2.86.